The molecule has 0 aliphatic heterocycles. The van der Waals surface area contributed by atoms with Gasteiger partial charge < -0.3 is 17.7 Å². The molecule has 0 aromatic rings. The van der Waals surface area contributed by atoms with Crippen LogP contribution in [0.25, 0.3) is 0 Å². The predicted octanol–water partition coefficient (Wildman–Crippen LogP) is 4.57. The van der Waals surface area contributed by atoms with Crippen LogP contribution in [-0.4, -0.2) is 0 Å². The molecular formula is C18H22Ti. The topological polar surface area (TPSA) is 0 Å². The average Bonchev–Trinajstić information content (AvgIpc) is 3.06. The van der Waals surface area contributed by atoms with E-state index in [0.717, 1.165) is 5.57 Å². The minimum Gasteiger partial charge on any atom is -0.533 e. The molecule has 0 unspecified atom stereocenters. The molecule has 0 amide bonds. The van der Waals surface area contributed by atoms with E-state index in [1.807, 2.05) is 91.9 Å². The summed E-state index contributed by atoms with van der Waals surface area (Å²) in [6, 6.07) is 0. The molecule has 0 heterocycles. The van der Waals surface area contributed by atoms with Gasteiger partial charge in [0, 0.05) is 0 Å². The Hall–Kier alpha value is 0.194. The summed E-state index contributed by atoms with van der Waals surface area (Å²) < 4.78 is 0. The molecular weight excluding hydrogens is 264 g/mol. The fraction of sp³-hybridized carbons (Fsp3) is 0.222. The van der Waals surface area contributed by atoms with Crippen molar-refractivity contribution in [3.05, 3.63) is 87.5 Å². The van der Waals surface area contributed by atoms with Gasteiger partial charge in [-0.3, -0.25) is 5.57 Å². The van der Waals surface area contributed by atoms with E-state index in [2.05, 4.69) is 12.2 Å². The molecule has 0 spiro atoms. The van der Waals surface area contributed by atoms with Crippen LogP contribution in [0, 0.1) is 76.4 Å². The van der Waals surface area contributed by atoms with Gasteiger partial charge >= 0.3 is 21.7 Å². The number of allylic oxidation sites excluding steroid dienone is 4. The summed E-state index contributed by atoms with van der Waals surface area (Å²) >= 11 is 0. The van der Waals surface area contributed by atoms with Crippen molar-refractivity contribution in [2.24, 2.45) is 0 Å². The Kier molecular flexibility index (Phi) is 18.4. The molecule has 0 N–H and O–H groups in total. The van der Waals surface area contributed by atoms with Crippen LogP contribution in [0.4, 0.5) is 0 Å². The molecule has 0 aromatic carbocycles. The Morgan fingerprint density at radius 1 is 0.632 bits per heavy atom. The molecule has 19 heavy (non-hydrogen) atoms. The molecule has 2 fully saturated rings. The second-order valence-corrected chi connectivity index (χ2v) is 3.92. The van der Waals surface area contributed by atoms with E-state index < -0.39 is 0 Å². The molecule has 2 aliphatic carbocycles. The summed E-state index contributed by atoms with van der Waals surface area (Å²) in [5.74, 6) is 0. The Morgan fingerprint density at radius 3 is 1.00 bits per heavy atom. The minimum atomic E-state index is 0. The second kappa shape index (κ2) is 16.2. The zero-order valence-corrected chi connectivity index (χ0v) is 13.8. The standard InChI is InChI=1S/C8H12.2C5H5.Ti/c1-5-8(4)6-7(2)3;2*1-2-4-5-3-1;/h1-4H3;2*1-5H;/q-2;;;+2. The van der Waals surface area contributed by atoms with Crippen LogP contribution in [0.15, 0.2) is 11.1 Å². The normalized spacial score (nSPS) is 17.4. The van der Waals surface area contributed by atoms with Gasteiger partial charge in [0.25, 0.3) is 0 Å². The van der Waals surface area contributed by atoms with Crippen LogP contribution in [0.1, 0.15) is 27.7 Å². The van der Waals surface area contributed by atoms with E-state index in [1.165, 1.54) is 5.57 Å². The van der Waals surface area contributed by atoms with E-state index in [1.54, 1.807) is 0 Å². The zero-order chi connectivity index (χ0) is 13.6. The van der Waals surface area contributed by atoms with Crippen LogP contribution in [0.5, 0.6) is 0 Å². The van der Waals surface area contributed by atoms with Crippen molar-refractivity contribution in [3.8, 4) is 0 Å². The molecule has 0 atom stereocenters. The first-order valence-corrected chi connectivity index (χ1v) is 6.08. The van der Waals surface area contributed by atoms with Crippen LogP contribution >= 0.6 is 0 Å². The van der Waals surface area contributed by atoms with Gasteiger partial charge in [0.05, 0.1) is 0 Å². The van der Waals surface area contributed by atoms with Gasteiger partial charge in [-0.1, -0.05) is 13.8 Å². The van der Waals surface area contributed by atoms with E-state index in [4.69, 9.17) is 0 Å². The van der Waals surface area contributed by atoms with Crippen molar-refractivity contribution >= 4 is 0 Å². The smallest absolute Gasteiger partial charge is 0.533 e. The average molecular weight is 286 g/mol. The summed E-state index contributed by atoms with van der Waals surface area (Å²) in [5, 5.41) is 0. The first-order chi connectivity index (χ1) is 8.66. The molecule has 0 aromatic heterocycles. The van der Waals surface area contributed by atoms with E-state index in [9.17, 15) is 0 Å². The third-order valence-electron chi connectivity index (χ3n) is 1.92. The van der Waals surface area contributed by atoms with E-state index in [0.29, 0.717) is 0 Å². The zero-order valence-electron chi connectivity index (χ0n) is 12.3. The summed E-state index contributed by atoms with van der Waals surface area (Å²) in [5.41, 5.74) is 2.29. The Morgan fingerprint density at radius 2 is 0.895 bits per heavy atom. The maximum Gasteiger partial charge on any atom is 2.00 e. The van der Waals surface area contributed by atoms with Gasteiger partial charge in [0.15, 0.2) is 0 Å². The van der Waals surface area contributed by atoms with Crippen molar-refractivity contribution in [2.45, 2.75) is 27.7 Å². The molecule has 10 radical (unpaired) electrons. The Labute approximate surface area is 137 Å². The van der Waals surface area contributed by atoms with Crippen molar-refractivity contribution in [1.29, 1.82) is 0 Å². The SMILES string of the molecule is C[C-]=C(C)[C-]=C(C)C.[CH]1[CH][CH][CH][CH]1.[CH]1[CH][CH][CH][CH]1.[Ti+2]. The van der Waals surface area contributed by atoms with Crippen molar-refractivity contribution < 1.29 is 21.7 Å². The first-order valence-electron chi connectivity index (χ1n) is 6.08. The van der Waals surface area contributed by atoms with Gasteiger partial charge in [0.1, 0.15) is 0 Å². The minimum absolute atomic E-state index is 0. The fourth-order valence-electron chi connectivity index (χ4n) is 1.08. The molecule has 0 saturated heterocycles. The van der Waals surface area contributed by atoms with Crippen molar-refractivity contribution in [2.75, 3.05) is 0 Å². The third-order valence-corrected chi connectivity index (χ3v) is 1.92. The summed E-state index contributed by atoms with van der Waals surface area (Å²) in [6.07, 6.45) is 26.1. The number of hydrogen-bond donors (Lipinski definition) is 0. The number of hydrogen-bond acceptors (Lipinski definition) is 0. The predicted molar refractivity (Wildman–Crippen MR) is 79.2 cm³/mol. The van der Waals surface area contributed by atoms with Crippen LogP contribution < -0.4 is 0 Å². The van der Waals surface area contributed by atoms with Crippen molar-refractivity contribution in [3.63, 3.8) is 0 Å². The summed E-state index contributed by atoms with van der Waals surface area (Å²) in [6.45, 7) is 7.94. The number of rotatable bonds is 1. The van der Waals surface area contributed by atoms with Gasteiger partial charge in [-0.05, 0) is 64.2 Å². The molecule has 0 nitrogen and oxygen atoms in total. The quantitative estimate of drug-likeness (QED) is 0.376. The fourth-order valence-corrected chi connectivity index (χ4v) is 1.08. The molecule has 0 bridgehead atoms. The van der Waals surface area contributed by atoms with Crippen LogP contribution in [0.3, 0.4) is 0 Å². The van der Waals surface area contributed by atoms with Crippen LogP contribution in [-0.2, 0) is 21.7 Å². The Bertz CT molecular complexity index is 201. The maximum atomic E-state index is 3.11. The van der Waals surface area contributed by atoms with Gasteiger partial charge in [-0.15, -0.1) is 6.92 Å². The molecule has 2 saturated carbocycles. The van der Waals surface area contributed by atoms with Gasteiger partial charge in [-0.2, -0.15) is 0 Å². The van der Waals surface area contributed by atoms with Gasteiger partial charge in [-0.25, -0.2) is 6.92 Å². The Balaban J connectivity index is 0. The largest absolute Gasteiger partial charge is 2.00 e. The first kappa shape index (κ1) is 21.5. The molecule has 2 aliphatic rings. The molecule has 2 rings (SSSR count). The van der Waals surface area contributed by atoms with E-state index >= 15 is 0 Å². The monoisotopic (exact) mass is 286 g/mol. The second-order valence-electron chi connectivity index (χ2n) is 3.92. The van der Waals surface area contributed by atoms with Gasteiger partial charge in [0.2, 0.25) is 0 Å². The van der Waals surface area contributed by atoms with E-state index in [-0.39, 0.29) is 21.7 Å². The maximum absolute atomic E-state index is 3.11. The molecule has 1 heteroatoms. The third kappa shape index (κ3) is 18.2. The molecule has 98 valence electrons. The summed E-state index contributed by atoms with van der Waals surface area (Å²) in [4.78, 5) is 0. The summed E-state index contributed by atoms with van der Waals surface area (Å²) in [7, 11) is 0. The van der Waals surface area contributed by atoms with Crippen LogP contribution in [0.2, 0.25) is 0 Å². The van der Waals surface area contributed by atoms with Crippen molar-refractivity contribution in [1.82, 2.24) is 0 Å².